The second kappa shape index (κ2) is 16.0. The molecule has 51 heavy (non-hydrogen) atoms. The van der Waals surface area contributed by atoms with Crippen molar-refractivity contribution in [1.29, 1.82) is 0 Å². The van der Waals surface area contributed by atoms with Crippen LogP contribution in [0.3, 0.4) is 0 Å². The van der Waals surface area contributed by atoms with E-state index in [0.717, 1.165) is 64.4 Å². The molecular formula is C46H46IrN2OSi-2. The molecule has 0 N–H and O–H groups in total. The summed E-state index contributed by atoms with van der Waals surface area (Å²) in [6.07, 6.45) is 6.24. The number of nitrogens with zero attached hydrogens (tertiary/aromatic N) is 2. The normalized spacial score (nSPS) is 16.7. The van der Waals surface area contributed by atoms with E-state index >= 15 is 0 Å². The summed E-state index contributed by atoms with van der Waals surface area (Å²) in [5.41, 5.74) is 7.42. The summed E-state index contributed by atoms with van der Waals surface area (Å²) in [6.45, 7) is 6.72. The van der Waals surface area contributed by atoms with Crippen LogP contribution in [0.25, 0.3) is 44.5 Å². The van der Waals surface area contributed by atoms with Crippen molar-refractivity contribution < 1.29 is 32.7 Å². The van der Waals surface area contributed by atoms with Crippen LogP contribution in [0.4, 0.5) is 0 Å². The largest absolute Gasteiger partial charge is 0.500 e. The van der Waals surface area contributed by atoms with Gasteiger partial charge < -0.3 is 14.4 Å². The standard InChI is InChI=1S/C24H22NO.C22H24NSi.Ir/c1-16-6-8-23-20(12-16)21-15-19(7-9-24(21)26-23)22-14-18(10-11-25-22)13-17-4-2-3-5-17;1-17(18-11-7-5-8-12-18)20-15-21(19-13-9-6-10-14-19)23-16-22(20)24(2,3)4;/h6,8-12,14-15,17H,2-5,13H2,1H3;5-13,15-17H,1-4H3;/q2*-1;/i1D3,13D2;17D;. The Morgan fingerprint density at radius 2 is 1.63 bits per heavy atom. The maximum Gasteiger partial charge on any atom is 0.120 e. The van der Waals surface area contributed by atoms with Gasteiger partial charge in [0.15, 0.2) is 0 Å². The van der Waals surface area contributed by atoms with Crippen molar-refractivity contribution in [2.75, 3.05) is 0 Å². The average Bonchev–Trinajstić information content (AvgIpc) is 3.87. The molecule has 0 spiro atoms. The van der Waals surface area contributed by atoms with Crippen molar-refractivity contribution >= 4 is 35.2 Å². The third-order valence-corrected chi connectivity index (χ3v) is 11.5. The van der Waals surface area contributed by atoms with Crippen LogP contribution >= 0.6 is 0 Å². The van der Waals surface area contributed by atoms with Gasteiger partial charge in [0.25, 0.3) is 0 Å². The fourth-order valence-electron chi connectivity index (χ4n) is 6.75. The predicted molar refractivity (Wildman–Crippen MR) is 212 cm³/mol. The molecule has 7 aromatic rings. The summed E-state index contributed by atoms with van der Waals surface area (Å²) >= 11 is 0. The van der Waals surface area contributed by atoms with Crippen molar-refractivity contribution in [3.8, 4) is 22.5 Å². The van der Waals surface area contributed by atoms with E-state index in [2.05, 4.69) is 42.8 Å². The fourth-order valence-corrected chi connectivity index (χ4v) is 8.27. The molecule has 261 valence electrons. The van der Waals surface area contributed by atoms with Crippen molar-refractivity contribution in [1.82, 2.24) is 9.97 Å². The van der Waals surface area contributed by atoms with Gasteiger partial charge in [0.1, 0.15) is 5.58 Å². The molecule has 1 fully saturated rings. The number of hydrogen-bond donors (Lipinski definition) is 0. The van der Waals surface area contributed by atoms with Crippen LogP contribution in [0.15, 0.2) is 120 Å². The van der Waals surface area contributed by atoms with Crippen LogP contribution in [0.1, 0.15) is 69.0 Å². The molecule has 0 amide bonds. The van der Waals surface area contributed by atoms with Gasteiger partial charge in [-0.05, 0) is 65.0 Å². The van der Waals surface area contributed by atoms with Crippen molar-refractivity contribution in [3.05, 3.63) is 150 Å². The molecule has 3 nitrogen and oxygen atoms in total. The van der Waals surface area contributed by atoms with Gasteiger partial charge >= 0.3 is 0 Å². The molecule has 0 saturated heterocycles. The van der Waals surface area contributed by atoms with Gasteiger partial charge in [-0.25, -0.2) is 0 Å². The van der Waals surface area contributed by atoms with E-state index in [9.17, 15) is 1.37 Å². The van der Waals surface area contributed by atoms with E-state index in [-0.39, 0.29) is 31.6 Å². The first-order chi connectivity index (χ1) is 26.5. The van der Waals surface area contributed by atoms with Crippen LogP contribution in [-0.4, -0.2) is 18.0 Å². The number of pyridine rings is 2. The minimum atomic E-state index is -2.19. The first kappa shape index (κ1) is 29.4. The molecular weight excluding hydrogens is 817 g/mol. The fraction of sp³-hybridized carbons (Fsp3) is 0.261. The Kier molecular flexibility index (Phi) is 9.25. The van der Waals surface area contributed by atoms with Crippen molar-refractivity contribution in [2.24, 2.45) is 5.92 Å². The summed E-state index contributed by atoms with van der Waals surface area (Å²) in [5.74, 6) is -0.783. The van der Waals surface area contributed by atoms with Crippen LogP contribution in [-0.2, 0) is 26.5 Å². The Morgan fingerprint density at radius 3 is 2.37 bits per heavy atom. The Bertz CT molecular complexity index is 2470. The van der Waals surface area contributed by atoms with Gasteiger partial charge in [0.05, 0.1) is 13.7 Å². The number of aromatic nitrogens is 2. The minimum absolute atomic E-state index is 0. The Hall–Kier alpha value is -4.15. The Labute approximate surface area is 326 Å². The molecule has 1 atom stereocenters. The first-order valence-corrected chi connectivity index (χ1v) is 20.9. The van der Waals surface area contributed by atoms with E-state index in [4.69, 9.17) is 16.3 Å². The summed E-state index contributed by atoms with van der Waals surface area (Å²) < 4.78 is 55.5. The maximum atomic E-state index is 9.17. The number of aryl methyl sites for hydroxylation is 1. The summed E-state index contributed by atoms with van der Waals surface area (Å²) in [5, 5.41) is 2.77. The van der Waals surface area contributed by atoms with E-state index in [1.807, 2.05) is 79.9 Å². The second-order valence-corrected chi connectivity index (χ2v) is 19.2. The summed E-state index contributed by atoms with van der Waals surface area (Å²) in [6, 6.07) is 38.6. The third-order valence-electron chi connectivity index (χ3n) is 9.47. The molecule has 1 aliphatic carbocycles. The van der Waals surface area contributed by atoms with E-state index in [1.165, 1.54) is 5.19 Å². The molecule has 3 aromatic heterocycles. The molecule has 8 rings (SSSR count). The van der Waals surface area contributed by atoms with Crippen molar-refractivity contribution in [3.63, 3.8) is 0 Å². The van der Waals surface area contributed by atoms with Gasteiger partial charge in [-0.1, -0.05) is 117 Å². The molecule has 5 heteroatoms. The number of fused-ring (bicyclic) bond motifs is 3. The number of rotatable bonds is 7. The zero-order valence-corrected chi connectivity index (χ0v) is 32.9. The summed E-state index contributed by atoms with van der Waals surface area (Å²) in [4.78, 5) is 9.16. The summed E-state index contributed by atoms with van der Waals surface area (Å²) in [7, 11) is -1.64. The topological polar surface area (TPSA) is 38.9 Å². The average molecular weight is 869 g/mol. The zero-order chi connectivity index (χ0) is 39.9. The van der Waals surface area contributed by atoms with Gasteiger partial charge in [-0.15, -0.1) is 59.7 Å². The Morgan fingerprint density at radius 1 is 0.863 bits per heavy atom. The van der Waals surface area contributed by atoms with Gasteiger partial charge in [-0.2, -0.15) is 0 Å². The van der Waals surface area contributed by atoms with Crippen LogP contribution in [0.5, 0.6) is 0 Å². The minimum Gasteiger partial charge on any atom is -0.500 e. The quantitative estimate of drug-likeness (QED) is 0.118. The molecule has 1 saturated carbocycles. The van der Waals surface area contributed by atoms with E-state index in [1.54, 1.807) is 36.5 Å². The van der Waals surface area contributed by atoms with Gasteiger partial charge in [0, 0.05) is 52.0 Å². The Balaban J connectivity index is 0.000000194. The molecule has 3 heterocycles. The second-order valence-electron chi connectivity index (χ2n) is 14.1. The van der Waals surface area contributed by atoms with E-state index in [0.29, 0.717) is 22.4 Å². The van der Waals surface area contributed by atoms with Gasteiger partial charge in [-0.3, -0.25) is 0 Å². The molecule has 0 aliphatic heterocycles. The maximum absolute atomic E-state index is 9.17. The number of hydrogen-bond acceptors (Lipinski definition) is 3. The zero-order valence-electron chi connectivity index (χ0n) is 35.5. The van der Waals surface area contributed by atoms with Crippen LogP contribution in [0, 0.1) is 24.9 Å². The monoisotopic (exact) mass is 869 g/mol. The van der Waals surface area contributed by atoms with Crippen LogP contribution < -0.4 is 5.19 Å². The predicted octanol–water partition coefficient (Wildman–Crippen LogP) is 11.7. The molecule has 1 aliphatic rings. The number of benzene rings is 4. The first-order valence-electron chi connectivity index (χ1n) is 20.4. The van der Waals surface area contributed by atoms with Crippen molar-refractivity contribution in [2.45, 2.75) is 71.4 Å². The van der Waals surface area contributed by atoms with Gasteiger partial charge in [0.2, 0.25) is 0 Å². The molecule has 0 bridgehead atoms. The number of furan rings is 1. The molecule has 1 radical (unpaired) electrons. The van der Waals surface area contributed by atoms with Crippen LogP contribution in [0.2, 0.25) is 19.6 Å². The molecule has 1 unspecified atom stereocenters. The van der Waals surface area contributed by atoms with E-state index < -0.39 is 27.2 Å². The molecule has 4 aromatic carbocycles. The third kappa shape index (κ3) is 8.50. The smallest absolute Gasteiger partial charge is 0.120 e. The SMILES string of the molecule is [2H]C(C)(c1ccccc1)c1cc(-c2[c-]cccc2)ncc1[Si](C)(C)C.[2H]C([2H])([2H])c1ccc2oc3c[c-]c(-c4cc(C([2H])([2H])C5CCCC5)ccn4)cc3c2c1.[Ir].